The Morgan fingerprint density at radius 1 is 1.35 bits per heavy atom. The molecule has 0 bridgehead atoms. The standard InChI is InChI=1S/C12H14FN3O/c1-12(8-5-4-6-9(13)7-8)10(14)15(2)11(17)16(12)3/h4-7,14H,1-3H3/t12-/m1/s1. The summed E-state index contributed by atoms with van der Waals surface area (Å²) in [5, 5.41) is 8.02. The molecule has 1 N–H and O–H groups in total. The number of urea groups is 1. The van der Waals surface area contributed by atoms with Crippen LogP contribution in [0.4, 0.5) is 9.18 Å². The summed E-state index contributed by atoms with van der Waals surface area (Å²) in [4.78, 5) is 14.5. The van der Waals surface area contributed by atoms with Crippen molar-refractivity contribution in [2.75, 3.05) is 14.1 Å². The molecule has 90 valence electrons. The van der Waals surface area contributed by atoms with Crippen LogP contribution in [-0.4, -0.2) is 35.8 Å². The summed E-state index contributed by atoms with van der Waals surface area (Å²) in [6.45, 7) is 1.74. The summed E-state index contributed by atoms with van der Waals surface area (Å²) in [6, 6.07) is 5.75. The van der Waals surface area contributed by atoms with Crippen molar-refractivity contribution in [3.63, 3.8) is 0 Å². The zero-order chi connectivity index (χ0) is 12.8. The maximum atomic E-state index is 13.3. The molecule has 0 saturated carbocycles. The molecule has 1 aliphatic rings. The molecule has 1 heterocycles. The second-order valence-electron chi connectivity index (χ2n) is 4.33. The summed E-state index contributed by atoms with van der Waals surface area (Å²) in [5.41, 5.74) is -0.309. The van der Waals surface area contributed by atoms with E-state index in [1.54, 1.807) is 33.2 Å². The SMILES string of the molecule is CN1C(=N)[C@@](C)(c2cccc(F)c2)N(C)C1=O. The van der Waals surface area contributed by atoms with Gasteiger partial charge >= 0.3 is 6.03 Å². The zero-order valence-electron chi connectivity index (χ0n) is 9.99. The third kappa shape index (κ3) is 1.42. The third-order valence-electron chi connectivity index (χ3n) is 3.43. The van der Waals surface area contributed by atoms with Crippen LogP contribution in [-0.2, 0) is 5.54 Å². The smallest absolute Gasteiger partial charge is 0.311 e. The molecule has 4 nitrogen and oxygen atoms in total. The summed E-state index contributed by atoms with van der Waals surface area (Å²) >= 11 is 0. The average Bonchev–Trinajstić information content (AvgIpc) is 2.46. The summed E-state index contributed by atoms with van der Waals surface area (Å²) in [7, 11) is 3.16. The third-order valence-corrected chi connectivity index (χ3v) is 3.43. The van der Waals surface area contributed by atoms with E-state index in [0.29, 0.717) is 5.56 Å². The highest BCUT2D eigenvalue weighted by Gasteiger charge is 2.49. The number of nitrogens with zero attached hydrogens (tertiary/aromatic N) is 2. The van der Waals surface area contributed by atoms with Gasteiger partial charge in [-0.15, -0.1) is 0 Å². The van der Waals surface area contributed by atoms with E-state index in [1.165, 1.54) is 21.9 Å². The van der Waals surface area contributed by atoms with E-state index >= 15 is 0 Å². The number of nitrogens with one attached hydrogen (secondary N) is 1. The number of benzene rings is 1. The second kappa shape index (κ2) is 3.55. The molecule has 1 saturated heterocycles. The van der Waals surface area contributed by atoms with Crippen molar-refractivity contribution in [1.29, 1.82) is 5.41 Å². The summed E-state index contributed by atoms with van der Waals surface area (Å²) in [6.07, 6.45) is 0. The van der Waals surface area contributed by atoms with Crippen molar-refractivity contribution in [2.24, 2.45) is 0 Å². The molecular weight excluding hydrogens is 221 g/mol. The minimum absolute atomic E-state index is 0.149. The molecule has 0 aliphatic carbocycles. The first-order valence-electron chi connectivity index (χ1n) is 5.25. The predicted molar refractivity (Wildman–Crippen MR) is 62.4 cm³/mol. The van der Waals surface area contributed by atoms with E-state index in [9.17, 15) is 9.18 Å². The van der Waals surface area contributed by atoms with E-state index < -0.39 is 5.54 Å². The molecule has 2 rings (SSSR count). The molecule has 0 radical (unpaired) electrons. The van der Waals surface area contributed by atoms with Gasteiger partial charge in [0.15, 0.2) is 0 Å². The Bertz CT molecular complexity index is 502. The molecule has 2 amide bonds. The van der Waals surface area contributed by atoms with Gasteiger partial charge in [-0.2, -0.15) is 0 Å². The van der Waals surface area contributed by atoms with Crippen LogP contribution in [0.15, 0.2) is 24.3 Å². The average molecular weight is 235 g/mol. The Morgan fingerprint density at radius 3 is 2.47 bits per heavy atom. The van der Waals surface area contributed by atoms with Crippen LogP contribution in [0.2, 0.25) is 0 Å². The highest BCUT2D eigenvalue weighted by molar-refractivity contribution is 6.08. The van der Waals surface area contributed by atoms with E-state index in [4.69, 9.17) is 5.41 Å². The Labute approximate surface area is 99.1 Å². The van der Waals surface area contributed by atoms with Crippen molar-refractivity contribution in [1.82, 2.24) is 9.80 Å². The van der Waals surface area contributed by atoms with Gasteiger partial charge < -0.3 is 4.90 Å². The van der Waals surface area contributed by atoms with Gasteiger partial charge in [0.25, 0.3) is 0 Å². The van der Waals surface area contributed by atoms with E-state index in [-0.39, 0.29) is 17.7 Å². The lowest BCUT2D eigenvalue weighted by atomic mass is 9.90. The maximum Gasteiger partial charge on any atom is 0.326 e. The molecular formula is C12H14FN3O. The van der Waals surface area contributed by atoms with Crippen molar-refractivity contribution < 1.29 is 9.18 Å². The Hall–Kier alpha value is -1.91. The van der Waals surface area contributed by atoms with Gasteiger partial charge in [-0.3, -0.25) is 10.3 Å². The normalized spacial score (nSPS) is 24.7. The van der Waals surface area contributed by atoms with Gasteiger partial charge in [0.1, 0.15) is 17.2 Å². The topological polar surface area (TPSA) is 47.4 Å². The van der Waals surface area contributed by atoms with Gasteiger partial charge in [-0.1, -0.05) is 12.1 Å². The Balaban J connectivity index is 2.56. The number of amidine groups is 1. The van der Waals surface area contributed by atoms with E-state index in [1.807, 2.05) is 0 Å². The van der Waals surface area contributed by atoms with Gasteiger partial charge in [0.05, 0.1) is 0 Å². The van der Waals surface area contributed by atoms with Crippen LogP contribution in [0.1, 0.15) is 12.5 Å². The zero-order valence-corrected chi connectivity index (χ0v) is 9.99. The number of amides is 2. The van der Waals surface area contributed by atoms with Crippen LogP contribution in [0.25, 0.3) is 0 Å². The number of carbonyl (C=O) groups excluding carboxylic acids is 1. The molecule has 5 heteroatoms. The highest BCUT2D eigenvalue weighted by Crippen LogP contribution is 2.35. The van der Waals surface area contributed by atoms with Crippen LogP contribution in [0.3, 0.4) is 0 Å². The Kier molecular flexibility index (Phi) is 2.41. The summed E-state index contributed by atoms with van der Waals surface area (Å²) in [5.74, 6) is -0.220. The van der Waals surface area contributed by atoms with E-state index in [0.717, 1.165) is 0 Å². The van der Waals surface area contributed by atoms with Crippen LogP contribution in [0.5, 0.6) is 0 Å². The lowest BCUT2D eigenvalue weighted by Crippen LogP contribution is -2.41. The monoisotopic (exact) mass is 235 g/mol. The Morgan fingerprint density at radius 2 is 2.00 bits per heavy atom. The van der Waals surface area contributed by atoms with Crippen molar-refractivity contribution in [2.45, 2.75) is 12.5 Å². The van der Waals surface area contributed by atoms with Gasteiger partial charge in [0, 0.05) is 14.1 Å². The number of hydrogen-bond acceptors (Lipinski definition) is 2. The lowest BCUT2D eigenvalue weighted by molar-refractivity contribution is 0.186. The van der Waals surface area contributed by atoms with Gasteiger partial charge in [-0.05, 0) is 24.6 Å². The van der Waals surface area contributed by atoms with Crippen LogP contribution in [0, 0.1) is 11.2 Å². The minimum atomic E-state index is -0.909. The first-order chi connectivity index (χ1) is 7.89. The molecule has 0 unspecified atom stereocenters. The molecule has 1 aliphatic heterocycles. The lowest BCUT2D eigenvalue weighted by Gasteiger charge is -2.30. The minimum Gasteiger partial charge on any atom is -0.311 e. The fourth-order valence-corrected chi connectivity index (χ4v) is 2.12. The quantitative estimate of drug-likeness (QED) is 0.795. The second-order valence-corrected chi connectivity index (χ2v) is 4.33. The number of halogens is 1. The van der Waals surface area contributed by atoms with Gasteiger partial charge in [0.2, 0.25) is 0 Å². The van der Waals surface area contributed by atoms with Crippen molar-refractivity contribution in [3.05, 3.63) is 35.6 Å². The predicted octanol–water partition coefficient (Wildman–Crippen LogP) is 2.02. The molecule has 0 spiro atoms. The molecule has 17 heavy (non-hydrogen) atoms. The fourth-order valence-electron chi connectivity index (χ4n) is 2.12. The highest BCUT2D eigenvalue weighted by atomic mass is 19.1. The van der Waals surface area contributed by atoms with Crippen LogP contribution < -0.4 is 0 Å². The van der Waals surface area contributed by atoms with E-state index in [2.05, 4.69) is 0 Å². The molecule has 1 atom stereocenters. The number of rotatable bonds is 1. The van der Waals surface area contributed by atoms with Crippen LogP contribution >= 0.6 is 0 Å². The fraction of sp³-hybridized carbons (Fsp3) is 0.333. The largest absolute Gasteiger partial charge is 0.326 e. The molecule has 0 aromatic heterocycles. The first kappa shape index (κ1) is 11.6. The molecule has 1 aromatic rings. The summed E-state index contributed by atoms with van der Waals surface area (Å²) < 4.78 is 13.3. The molecule has 1 fully saturated rings. The van der Waals surface area contributed by atoms with Gasteiger partial charge in [-0.25, -0.2) is 9.18 Å². The maximum absolute atomic E-state index is 13.3. The van der Waals surface area contributed by atoms with Crippen molar-refractivity contribution >= 4 is 11.9 Å². The van der Waals surface area contributed by atoms with Crippen molar-refractivity contribution in [3.8, 4) is 0 Å². The number of likely N-dealkylation sites (N-methyl/N-ethyl adjacent to an activating group) is 2. The first-order valence-corrected chi connectivity index (χ1v) is 5.25. The number of carbonyl (C=O) groups is 1. The molecule has 1 aromatic carbocycles. The number of hydrogen-bond donors (Lipinski definition) is 1.